The maximum absolute atomic E-state index is 13.6. The van der Waals surface area contributed by atoms with Gasteiger partial charge in [-0.25, -0.2) is 9.69 Å². The number of benzene rings is 2. The van der Waals surface area contributed by atoms with Crippen molar-refractivity contribution >= 4 is 18.3 Å². The number of imide groups is 1. The first-order valence-electron chi connectivity index (χ1n) is 12.1. The van der Waals surface area contributed by atoms with Gasteiger partial charge in [0.15, 0.2) is 0 Å². The molecule has 0 unspecified atom stereocenters. The largest absolute Gasteiger partial charge is 0.497 e. The van der Waals surface area contributed by atoms with E-state index in [1.165, 1.54) is 4.90 Å². The zero-order valence-electron chi connectivity index (χ0n) is 20.9. The van der Waals surface area contributed by atoms with E-state index in [4.69, 9.17) is 14.2 Å². The van der Waals surface area contributed by atoms with Crippen LogP contribution in [-0.4, -0.2) is 49.0 Å². The van der Waals surface area contributed by atoms with Gasteiger partial charge in [-0.1, -0.05) is 63.2 Å². The van der Waals surface area contributed by atoms with Crippen molar-refractivity contribution in [1.82, 2.24) is 4.90 Å². The number of hydrogen-bond donors (Lipinski definition) is 0. The molecule has 1 heterocycles. The van der Waals surface area contributed by atoms with Crippen LogP contribution in [0.3, 0.4) is 0 Å². The summed E-state index contributed by atoms with van der Waals surface area (Å²) in [5.74, 6) is -0.426. The predicted octanol–water partition coefficient (Wildman–Crippen LogP) is 4.67. The molecule has 5 atom stereocenters. The number of nitrogens with zero attached hydrogens (tertiary/aromatic N) is 1. The monoisotopic (exact) mass is 481 g/mol. The Morgan fingerprint density at radius 2 is 1.77 bits per heavy atom. The van der Waals surface area contributed by atoms with Crippen molar-refractivity contribution in [2.45, 2.75) is 52.4 Å². The van der Waals surface area contributed by atoms with Gasteiger partial charge in [0.25, 0.3) is 0 Å². The number of hydrogen-bond acceptors (Lipinski definition) is 6. The van der Waals surface area contributed by atoms with Gasteiger partial charge in [0.2, 0.25) is 5.91 Å². The molecule has 188 valence electrons. The van der Waals surface area contributed by atoms with Crippen LogP contribution in [0, 0.1) is 17.8 Å². The predicted molar refractivity (Wildman–Crippen MR) is 132 cm³/mol. The second kappa shape index (κ2) is 12.5. The summed E-state index contributed by atoms with van der Waals surface area (Å²) in [6, 6.07) is 16.9. The van der Waals surface area contributed by atoms with Gasteiger partial charge in [0.05, 0.1) is 31.8 Å². The Hall–Kier alpha value is -3.19. The minimum atomic E-state index is -0.620. The molecule has 1 saturated heterocycles. The molecule has 0 saturated carbocycles. The van der Waals surface area contributed by atoms with E-state index >= 15 is 0 Å². The lowest BCUT2D eigenvalue weighted by Gasteiger charge is -2.32. The summed E-state index contributed by atoms with van der Waals surface area (Å²) in [5, 5.41) is 0. The molecule has 2 aromatic rings. The van der Waals surface area contributed by atoms with Crippen LogP contribution in [0.15, 0.2) is 54.6 Å². The summed E-state index contributed by atoms with van der Waals surface area (Å²) in [7, 11) is 1.61. The van der Waals surface area contributed by atoms with Crippen molar-refractivity contribution in [2.24, 2.45) is 17.8 Å². The molecule has 1 aliphatic heterocycles. The summed E-state index contributed by atoms with van der Waals surface area (Å²) in [6.07, 6.45) is 0.910. The van der Waals surface area contributed by atoms with Crippen molar-refractivity contribution in [3.05, 3.63) is 65.7 Å². The number of amides is 2. The van der Waals surface area contributed by atoms with Crippen molar-refractivity contribution in [2.75, 3.05) is 13.7 Å². The standard InChI is InChI=1S/C28H35NO6/c1-19(16-30)14-20(2)26(34-17-23-10-12-25(33-4)13-11-23)21(3)27(31)29-24(18-35-28(29)32)15-22-8-6-5-7-9-22/h5-13,16,19-21,24,26H,14-15,17-18H2,1-4H3/t19-,20+,21-,24-,26+/m1/s1. The normalized spacial score (nSPS) is 18.9. The molecule has 0 aromatic heterocycles. The van der Waals surface area contributed by atoms with Crippen LogP contribution >= 0.6 is 0 Å². The number of ether oxygens (including phenoxy) is 3. The highest BCUT2D eigenvalue weighted by atomic mass is 16.6. The van der Waals surface area contributed by atoms with Gasteiger partial charge >= 0.3 is 6.09 Å². The highest BCUT2D eigenvalue weighted by Gasteiger charge is 2.42. The van der Waals surface area contributed by atoms with Crippen molar-refractivity contribution in [3.8, 4) is 5.75 Å². The quantitative estimate of drug-likeness (QED) is 0.410. The van der Waals surface area contributed by atoms with Gasteiger partial charge < -0.3 is 19.0 Å². The molecule has 7 nitrogen and oxygen atoms in total. The summed E-state index contributed by atoms with van der Waals surface area (Å²) < 4.78 is 16.8. The third-order valence-corrected chi connectivity index (χ3v) is 6.53. The Morgan fingerprint density at radius 3 is 2.40 bits per heavy atom. The Bertz CT molecular complexity index is 977. The molecular formula is C28H35NO6. The van der Waals surface area contributed by atoms with Gasteiger partial charge in [0.1, 0.15) is 18.6 Å². The smallest absolute Gasteiger partial charge is 0.416 e. The molecule has 0 bridgehead atoms. The molecule has 35 heavy (non-hydrogen) atoms. The van der Waals surface area contributed by atoms with Gasteiger partial charge in [-0.15, -0.1) is 0 Å². The van der Waals surface area contributed by atoms with Gasteiger partial charge in [-0.05, 0) is 42.0 Å². The van der Waals surface area contributed by atoms with Crippen LogP contribution < -0.4 is 4.74 Å². The van der Waals surface area contributed by atoms with Crippen LogP contribution in [0.1, 0.15) is 38.3 Å². The minimum Gasteiger partial charge on any atom is -0.497 e. The van der Waals surface area contributed by atoms with E-state index in [9.17, 15) is 14.4 Å². The highest BCUT2D eigenvalue weighted by molar-refractivity contribution is 5.95. The molecule has 7 heteroatoms. The first-order valence-corrected chi connectivity index (χ1v) is 12.1. The van der Waals surface area contributed by atoms with Crippen molar-refractivity contribution < 1.29 is 28.6 Å². The fourth-order valence-corrected chi connectivity index (χ4v) is 4.62. The minimum absolute atomic E-state index is 0.0846. The molecular weight excluding hydrogens is 446 g/mol. The summed E-state index contributed by atoms with van der Waals surface area (Å²) in [4.78, 5) is 38.7. The molecule has 2 aromatic carbocycles. The first-order chi connectivity index (χ1) is 16.8. The molecule has 0 N–H and O–H groups in total. The molecule has 0 spiro atoms. The van der Waals surface area contributed by atoms with Crippen LogP contribution in [-0.2, 0) is 32.1 Å². The van der Waals surface area contributed by atoms with Gasteiger partial charge in [0, 0.05) is 5.92 Å². The Kier molecular flexibility index (Phi) is 9.43. The van der Waals surface area contributed by atoms with E-state index in [0.717, 1.165) is 23.2 Å². The maximum atomic E-state index is 13.6. The fourth-order valence-electron chi connectivity index (χ4n) is 4.62. The Labute approximate surface area is 207 Å². The SMILES string of the molecule is COc1ccc(CO[C@@H]([C@@H](C)C[C@@H](C)C=O)[C@@H](C)C(=O)N2C(=O)OC[C@H]2Cc2ccccc2)cc1. The third kappa shape index (κ3) is 6.92. The Balaban J connectivity index is 1.76. The van der Waals surface area contributed by atoms with E-state index in [2.05, 4.69) is 0 Å². The number of methoxy groups -OCH3 is 1. The zero-order chi connectivity index (χ0) is 25.4. The molecule has 2 amide bonds. The van der Waals surface area contributed by atoms with E-state index in [0.29, 0.717) is 19.4 Å². The van der Waals surface area contributed by atoms with Crippen LogP contribution in [0.4, 0.5) is 4.79 Å². The molecule has 0 radical (unpaired) electrons. The van der Waals surface area contributed by atoms with Gasteiger partial charge in [-0.2, -0.15) is 0 Å². The first kappa shape index (κ1) is 26.4. The zero-order valence-corrected chi connectivity index (χ0v) is 20.9. The van der Waals surface area contributed by atoms with E-state index in [1.807, 2.05) is 68.4 Å². The molecule has 3 rings (SSSR count). The lowest BCUT2D eigenvalue weighted by atomic mass is 9.86. The van der Waals surface area contributed by atoms with Crippen molar-refractivity contribution in [3.63, 3.8) is 0 Å². The fraction of sp³-hybridized carbons (Fsp3) is 0.464. The second-order valence-corrected chi connectivity index (χ2v) is 9.37. The average molecular weight is 482 g/mol. The molecule has 1 fully saturated rings. The van der Waals surface area contributed by atoms with E-state index in [1.54, 1.807) is 14.0 Å². The summed E-state index contributed by atoms with van der Waals surface area (Å²) >= 11 is 0. The number of cyclic esters (lactones) is 1. The number of carbonyl (C=O) groups excluding carboxylic acids is 3. The highest BCUT2D eigenvalue weighted by Crippen LogP contribution is 2.28. The number of rotatable bonds is 12. The van der Waals surface area contributed by atoms with Crippen molar-refractivity contribution in [1.29, 1.82) is 0 Å². The van der Waals surface area contributed by atoms with Crippen LogP contribution in [0.25, 0.3) is 0 Å². The number of carbonyl (C=O) groups is 3. The number of aldehydes is 1. The summed E-state index contributed by atoms with van der Waals surface area (Å²) in [6.45, 7) is 6.08. The Morgan fingerprint density at radius 1 is 1.09 bits per heavy atom. The topological polar surface area (TPSA) is 82.1 Å². The maximum Gasteiger partial charge on any atom is 0.416 e. The average Bonchev–Trinajstić information content (AvgIpc) is 3.23. The second-order valence-electron chi connectivity index (χ2n) is 9.37. The molecule has 1 aliphatic rings. The van der Waals surface area contributed by atoms with Crippen LogP contribution in [0.2, 0.25) is 0 Å². The van der Waals surface area contributed by atoms with E-state index < -0.39 is 18.1 Å². The summed E-state index contributed by atoms with van der Waals surface area (Å²) in [5.41, 5.74) is 1.97. The lowest BCUT2D eigenvalue weighted by Crippen LogP contribution is -2.47. The lowest BCUT2D eigenvalue weighted by molar-refractivity contribution is -0.141. The third-order valence-electron chi connectivity index (χ3n) is 6.53. The van der Waals surface area contributed by atoms with Gasteiger partial charge in [-0.3, -0.25) is 4.79 Å². The molecule has 0 aliphatic carbocycles. The van der Waals surface area contributed by atoms with Crippen LogP contribution in [0.5, 0.6) is 5.75 Å². The van der Waals surface area contributed by atoms with E-state index in [-0.39, 0.29) is 30.4 Å².